The van der Waals surface area contributed by atoms with Gasteiger partial charge in [-0.05, 0) is 52.6 Å². The third-order valence-corrected chi connectivity index (χ3v) is 6.78. The lowest BCUT2D eigenvalue weighted by Gasteiger charge is -2.22. The molecule has 0 aliphatic heterocycles. The Hall–Kier alpha value is -3.52. The highest BCUT2D eigenvalue weighted by molar-refractivity contribution is 6.14. The molecule has 6 aromatic rings. The number of hydrogen-bond donors (Lipinski definition) is 1. The molecule has 2 aromatic heterocycles. The first-order valence-corrected chi connectivity index (χ1v) is 10.1. The highest BCUT2D eigenvalue weighted by Gasteiger charge is 2.38. The van der Waals surface area contributed by atoms with E-state index in [2.05, 4.69) is 85.6 Å². The van der Waals surface area contributed by atoms with Crippen molar-refractivity contribution < 1.29 is 4.42 Å². The Kier molecular flexibility index (Phi) is 2.60. The van der Waals surface area contributed by atoms with E-state index in [0.717, 1.165) is 11.2 Å². The fraction of sp³-hybridized carbons (Fsp3) is 0.111. The summed E-state index contributed by atoms with van der Waals surface area (Å²) in [5.74, 6) is 0. The van der Waals surface area contributed by atoms with Gasteiger partial charge in [-0.15, -0.1) is 0 Å². The van der Waals surface area contributed by atoms with Crippen LogP contribution in [0.5, 0.6) is 0 Å². The SMILES string of the molecule is CC1(C)c2cc3oc4ccccc4c3cc2-c2ccc3[nH]c4ccccc4c3c21. The average molecular weight is 373 g/mol. The van der Waals surface area contributed by atoms with Crippen LogP contribution < -0.4 is 0 Å². The van der Waals surface area contributed by atoms with Crippen LogP contribution >= 0.6 is 0 Å². The van der Waals surface area contributed by atoms with Gasteiger partial charge in [-0.25, -0.2) is 0 Å². The Morgan fingerprint density at radius 2 is 1.48 bits per heavy atom. The van der Waals surface area contributed by atoms with E-state index in [1.165, 1.54) is 54.8 Å². The molecule has 7 rings (SSSR count). The molecule has 0 fully saturated rings. The predicted molar refractivity (Wildman–Crippen MR) is 121 cm³/mol. The Morgan fingerprint density at radius 3 is 2.38 bits per heavy atom. The van der Waals surface area contributed by atoms with E-state index in [9.17, 15) is 0 Å². The number of rotatable bonds is 0. The van der Waals surface area contributed by atoms with Gasteiger partial charge in [0.2, 0.25) is 0 Å². The second-order valence-electron chi connectivity index (χ2n) is 8.70. The van der Waals surface area contributed by atoms with E-state index in [0.29, 0.717) is 0 Å². The minimum Gasteiger partial charge on any atom is -0.456 e. The maximum absolute atomic E-state index is 6.21. The van der Waals surface area contributed by atoms with E-state index >= 15 is 0 Å². The highest BCUT2D eigenvalue weighted by atomic mass is 16.3. The van der Waals surface area contributed by atoms with Crippen molar-refractivity contribution in [1.29, 1.82) is 0 Å². The Balaban J connectivity index is 1.65. The van der Waals surface area contributed by atoms with Crippen LogP contribution in [0, 0.1) is 0 Å². The molecule has 0 unspecified atom stereocenters. The number of aromatic amines is 1. The van der Waals surface area contributed by atoms with Gasteiger partial charge in [-0.2, -0.15) is 0 Å². The third-order valence-electron chi connectivity index (χ3n) is 6.78. The van der Waals surface area contributed by atoms with Crippen molar-refractivity contribution in [2.24, 2.45) is 0 Å². The molecule has 0 saturated carbocycles. The zero-order chi connectivity index (χ0) is 19.3. The van der Waals surface area contributed by atoms with Crippen molar-refractivity contribution in [2.75, 3.05) is 0 Å². The Bertz CT molecular complexity index is 1630. The molecule has 0 atom stereocenters. The number of benzene rings is 4. The summed E-state index contributed by atoms with van der Waals surface area (Å²) < 4.78 is 6.21. The largest absolute Gasteiger partial charge is 0.456 e. The number of fused-ring (bicyclic) bond motifs is 10. The summed E-state index contributed by atoms with van der Waals surface area (Å²) >= 11 is 0. The second kappa shape index (κ2) is 4.90. The predicted octanol–water partition coefficient (Wildman–Crippen LogP) is 7.53. The summed E-state index contributed by atoms with van der Waals surface area (Å²) in [5, 5.41) is 5.03. The minimum absolute atomic E-state index is 0.0949. The molecule has 2 heterocycles. The Morgan fingerprint density at radius 1 is 0.690 bits per heavy atom. The minimum atomic E-state index is -0.0949. The van der Waals surface area contributed by atoms with Crippen LogP contribution in [-0.4, -0.2) is 4.98 Å². The molecule has 0 saturated heterocycles. The molecule has 4 aromatic carbocycles. The second-order valence-corrected chi connectivity index (χ2v) is 8.70. The summed E-state index contributed by atoms with van der Waals surface area (Å²) in [6, 6.07) is 26.1. The zero-order valence-corrected chi connectivity index (χ0v) is 16.3. The molecule has 1 aliphatic carbocycles. The average Bonchev–Trinajstić information content (AvgIpc) is 3.35. The summed E-state index contributed by atoms with van der Waals surface area (Å²) in [6.45, 7) is 4.68. The smallest absolute Gasteiger partial charge is 0.135 e. The van der Waals surface area contributed by atoms with Crippen LogP contribution in [0.15, 0.2) is 77.2 Å². The van der Waals surface area contributed by atoms with Crippen LogP contribution in [0.1, 0.15) is 25.0 Å². The van der Waals surface area contributed by atoms with E-state index in [1.807, 2.05) is 6.07 Å². The van der Waals surface area contributed by atoms with Gasteiger partial charge >= 0.3 is 0 Å². The maximum Gasteiger partial charge on any atom is 0.135 e. The molecule has 0 spiro atoms. The topological polar surface area (TPSA) is 28.9 Å². The first-order chi connectivity index (χ1) is 14.1. The lowest BCUT2D eigenvalue weighted by atomic mass is 9.80. The van der Waals surface area contributed by atoms with Gasteiger partial charge in [-0.3, -0.25) is 0 Å². The van der Waals surface area contributed by atoms with Crippen molar-refractivity contribution in [2.45, 2.75) is 19.3 Å². The number of nitrogens with one attached hydrogen (secondary N) is 1. The maximum atomic E-state index is 6.21. The van der Waals surface area contributed by atoms with Crippen molar-refractivity contribution in [3.8, 4) is 11.1 Å². The fourth-order valence-corrected chi connectivity index (χ4v) is 5.46. The van der Waals surface area contributed by atoms with Crippen LogP contribution in [0.3, 0.4) is 0 Å². The van der Waals surface area contributed by atoms with E-state index in [1.54, 1.807) is 0 Å². The fourth-order valence-electron chi connectivity index (χ4n) is 5.46. The number of aromatic nitrogens is 1. The van der Waals surface area contributed by atoms with Crippen LogP contribution in [0.25, 0.3) is 54.9 Å². The molecular formula is C27H19NO. The molecule has 1 aliphatic rings. The van der Waals surface area contributed by atoms with Crippen molar-refractivity contribution in [1.82, 2.24) is 4.98 Å². The van der Waals surface area contributed by atoms with E-state index < -0.39 is 0 Å². The molecule has 0 bridgehead atoms. The quantitative estimate of drug-likeness (QED) is 0.293. The lowest BCUT2D eigenvalue weighted by Crippen LogP contribution is -2.15. The van der Waals surface area contributed by atoms with Gasteiger partial charge in [0.15, 0.2) is 0 Å². The molecular weight excluding hydrogens is 354 g/mol. The van der Waals surface area contributed by atoms with Gasteiger partial charge in [0, 0.05) is 38.0 Å². The molecule has 2 heteroatoms. The normalized spacial score (nSPS) is 14.8. The highest BCUT2D eigenvalue weighted by Crippen LogP contribution is 2.53. The van der Waals surface area contributed by atoms with Gasteiger partial charge in [-0.1, -0.05) is 56.3 Å². The number of hydrogen-bond acceptors (Lipinski definition) is 1. The first-order valence-electron chi connectivity index (χ1n) is 10.1. The molecule has 2 nitrogen and oxygen atoms in total. The molecule has 29 heavy (non-hydrogen) atoms. The van der Waals surface area contributed by atoms with E-state index in [-0.39, 0.29) is 5.41 Å². The van der Waals surface area contributed by atoms with Crippen LogP contribution in [-0.2, 0) is 5.41 Å². The van der Waals surface area contributed by atoms with Crippen molar-refractivity contribution >= 4 is 43.7 Å². The molecule has 138 valence electrons. The monoisotopic (exact) mass is 373 g/mol. The standard InChI is InChI=1S/C27H19NO/c1-27(2)20-14-24-19(15-7-4-6-10-23(15)29-24)13-18(20)16-11-12-22-25(26(16)27)17-8-3-5-9-21(17)28-22/h3-14,28H,1-2H3. The lowest BCUT2D eigenvalue weighted by molar-refractivity contribution is 0.650. The van der Waals surface area contributed by atoms with Crippen LogP contribution in [0.4, 0.5) is 0 Å². The van der Waals surface area contributed by atoms with Gasteiger partial charge in [0.05, 0.1) is 0 Å². The summed E-state index contributed by atoms with van der Waals surface area (Å²) in [5.41, 5.74) is 9.67. The van der Waals surface area contributed by atoms with E-state index in [4.69, 9.17) is 4.42 Å². The molecule has 0 amide bonds. The van der Waals surface area contributed by atoms with Crippen molar-refractivity contribution in [3.05, 3.63) is 83.9 Å². The molecule has 1 N–H and O–H groups in total. The van der Waals surface area contributed by atoms with Crippen LogP contribution in [0.2, 0.25) is 0 Å². The number of furan rings is 1. The van der Waals surface area contributed by atoms with Gasteiger partial charge in [0.1, 0.15) is 11.2 Å². The van der Waals surface area contributed by atoms with Gasteiger partial charge in [0.25, 0.3) is 0 Å². The summed E-state index contributed by atoms with van der Waals surface area (Å²) in [6.07, 6.45) is 0. The van der Waals surface area contributed by atoms with Crippen molar-refractivity contribution in [3.63, 3.8) is 0 Å². The first kappa shape index (κ1) is 15.4. The molecule has 0 radical (unpaired) electrons. The zero-order valence-electron chi connectivity index (χ0n) is 16.3. The Labute approximate surface area is 167 Å². The summed E-state index contributed by atoms with van der Waals surface area (Å²) in [7, 11) is 0. The number of H-pyrrole nitrogens is 1. The number of para-hydroxylation sites is 2. The van der Waals surface area contributed by atoms with Gasteiger partial charge < -0.3 is 9.40 Å². The summed E-state index contributed by atoms with van der Waals surface area (Å²) in [4.78, 5) is 3.61. The third kappa shape index (κ3) is 1.78.